The minimum absolute atomic E-state index is 0.105. The maximum Gasteiger partial charge on any atom is 0.410 e. The summed E-state index contributed by atoms with van der Waals surface area (Å²) in [6.07, 6.45) is 5.01. The van der Waals surface area contributed by atoms with E-state index < -0.39 is 5.60 Å². The zero-order valence-electron chi connectivity index (χ0n) is 22.8. The van der Waals surface area contributed by atoms with Gasteiger partial charge in [0, 0.05) is 30.6 Å². The molecule has 1 saturated heterocycles. The van der Waals surface area contributed by atoms with E-state index in [-0.39, 0.29) is 18.0 Å². The van der Waals surface area contributed by atoms with Crippen molar-refractivity contribution in [3.8, 4) is 22.6 Å². The third-order valence-corrected chi connectivity index (χ3v) is 7.19. The maximum atomic E-state index is 13.9. The lowest BCUT2D eigenvalue weighted by Crippen LogP contribution is -2.42. The Kier molecular flexibility index (Phi) is 6.47. The molecule has 1 saturated carbocycles. The Morgan fingerprint density at radius 1 is 1.05 bits per heavy atom. The maximum absolute atomic E-state index is 13.9. The van der Waals surface area contributed by atoms with Gasteiger partial charge in [0.1, 0.15) is 22.9 Å². The number of rotatable bonds is 5. The van der Waals surface area contributed by atoms with Crippen molar-refractivity contribution in [2.75, 3.05) is 13.1 Å². The first-order chi connectivity index (χ1) is 19.2. The molecule has 2 aliphatic rings. The summed E-state index contributed by atoms with van der Waals surface area (Å²) >= 11 is 0. The van der Waals surface area contributed by atoms with Crippen LogP contribution in [-0.4, -0.2) is 53.8 Å². The van der Waals surface area contributed by atoms with Crippen LogP contribution in [0.1, 0.15) is 64.2 Å². The van der Waals surface area contributed by atoms with Crippen LogP contribution in [0.3, 0.4) is 0 Å². The number of benzene rings is 1. The van der Waals surface area contributed by atoms with Crippen molar-refractivity contribution in [3.63, 3.8) is 0 Å². The number of hydrogen-bond acceptors (Lipinski definition) is 7. The van der Waals surface area contributed by atoms with Crippen molar-refractivity contribution in [2.24, 2.45) is 16.2 Å². The van der Waals surface area contributed by atoms with Gasteiger partial charge in [-0.25, -0.2) is 23.7 Å². The molecular formula is C28H32FN9O2. The SMILES string of the molecule is CC(C)(C)OC(=O)N1CCC(n2c(C3CC3)nc(-c3ccc(F)cc3)c2-c2ccc3nc(N=NN)cn3n2)CC1. The number of amides is 1. The van der Waals surface area contributed by atoms with Crippen molar-refractivity contribution < 1.29 is 13.9 Å². The highest BCUT2D eigenvalue weighted by molar-refractivity contribution is 5.78. The summed E-state index contributed by atoms with van der Waals surface area (Å²) in [5.74, 6) is 6.63. The molecule has 1 aromatic carbocycles. The molecule has 2 fully saturated rings. The number of piperidine rings is 1. The van der Waals surface area contributed by atoms with Gasteiger partial charge in [-0.05, 0) is 82.9 Å². The number of hydrogen-bond donors (Lipinski definition) is 1. The van der Waals surface area contributed by atoms with Crippen molar-refractivity contribution >= 4 is 17.6 Å². The molecule has 6 rings (SSSR count). The summed E-state index contributed by atoms with van der Waals surface area (Å²) < 4.78 is 23.4. The smallest absolute Gasteiger partial charge is 0.410 e. The average Bonchev–Trinajstić information content (AvgIpc) is 3.56. The molecule has 0 atom stereocenters. The van der Waals surface area contributed by atoms with E-state index in [4.69, 9.17) is 20.7 Å². The lowest BCUT2D eigenvalue weighted by molar-refractivity contribution is 0.0188. The van der Waals surface area contributed by atoms with Gasteiger partial charge in [0.15, 0.2) is 11.5 Å². The Morgan fingerprint density at radius 3 is 2.42 bits per heavy atom. The van der Waals surface area contributed by atoms with Crippen molar-refractivity contribution in [1.82, 2.24) is 29.0 Å². The Labute approximate surface area is 230 Å². The first-order valence-corrected chi connectivity index (χ1v) is 13.5. The number of aromatic nitrogens is 5. The number of imidazole rings is 2. The molecule has 40 heavy (non-hydrogen) atoms. The first kappa shape index (κ1) is 25.9. The topological polar surface area (TPSA) is 128 Å². The summed E-state index contributed by atoms with van der Waals surface area (Å²) in [6, 6.07) is 10.3. The largest absolute Gasteiger partial charge is 0.444 e. The molecule has 1 amide bonds. The number of nitrogens with two attached hydrogens (primary N) is 1. The molecule has 3 aromatic heterocycles. The van der Waals surface area contributed by atoms with Gasteiger partial charge in [0.25, 0.3) is 0 Å². The molecule has 1 aliphatic heterocycles. The summed E-state index contributed by atoms with van der Waals surface area (Å²) in [5, 5.41) is 12.0. The standard InChI is InChI=1S/C28H32FN9O2/c1-28(2,3)40-27(39)36-14-12-20(13-15-36)38-25(21-10-11-23-31-22(33-35-30)16-37(23)34-21)24(32-26(38)18-4-5-18)17-6-8-19(29)9-7-17/h6-11,16,18,20H,4-5,12-15H2,1-3H3,(H2,30,33). The highest BCUT2D eigenvalue weighted by atomic mass is 19.1. The van der Waals surface area contributed by atoms with Gasteiger partial charge < -0.3 is 20.0 Å². The van der Waals surface area contributed by atoms with Crippen LogP contribution in [0.5, 0.6) is 0 Å². The second-order valence-corrected chi connectivity index (χ2v) is 11.4. The molecule has 2 N–H and O–H groups in total. The van der Waals surface area contributed by atoms with Crippen LogP contribution in [0, 0.1) is 5.82 Å². The van der Waals surface area contributed by atoms with Crippen LogP contribution in [0.2, 0.25) is 0 Å². The van der Waals surface area contributed by atoms with Crippen LogP contribution >= 0.6 is 0 Å². The Hall–Kier alpha value is -4.35. The van der Waals surface area contributed by atoms with E-state index >= 15 is 0 Å². The van der Waals surface area contributed by atoms with Crippen LogP contribution < -0.4 is 5.84 Å². The van der Waals surface area contributed by atoms with Gasteiger partial charge in [-0.15, -0.1) is 5.11 Å². The van der Waals surface area contributed by atoms with E-state index in [1.807, 2.05) is 32.9 Å². The van der Waals surface area contributed by atoms with Gasteiger partial charge in [-0.2, -0.15) is 5.10 Å². The van der Waals surface area contributed by atoms with E-state index in [0.717, 1.165) is 48.5 Å². The van der Waals surface area contributed by atoms with Gasteiger partial charge >= 0.3 is 6.09 Å². The minimum atomic E-state index is -0.544. The summed E-state index contributed by atoms with van der Waals surface area (Å²) in [5.41, 5.74) is 3.20. The van der Waals surface area contributed by atoms with Crippen LogP contribution in [0.4, 0.5) is 15.0 Å². The Balaban J connectivity index is 1.43. The average molecular weight is 546 g/mol. The van der Waals surface area contributed by atoms with Gasteiger partial charge in [0.05, 0.1) is 17.6 Å². The summed E-state index contributed by atoms with van der Waals surface area (Å²) in [4.78, 5) is 24.1. The van der Waals surface area contributed by atoms with Gasteiger partial charge in [-0.3, -0.25) is 0 Å². The predicted octanol–water partition coefficient (Wildman–Crippen LogP) is 5.81. The molecule has 4 heterocycles. The summed E-state index contributed by atoms with van der Waals surface area (Å²) in [7, 11) is 0. The Bertz CT molecular complexity index is 1570. The molecule has 0 unspecified atom stereocenters. The first-order valence-electron chi connectivity index (χ1n) is 13.5. The highest BCUT2D eigenvalue weighted by Gasteiger charge is 2.37. The fourth-order valence-electron chi connectivity index (χ4n) is 5.24. The molecule has 4 aromatic rings. The highest BCUT2D eigenvalue weighted by Crippen LogP contribution is 2.46. The molecule has 0 radical (unpaired) electrons. The molecule has 11 nitrogen and oxygen atoms in total. The molecular weight excluding hydrogens is 513 g/mol. The monoisotopic (exact) mass is 545 g/mol. The zero-order valence-corrected chi connectivity index (χ0v) is 22.8. The van der Waals surface area contributed by atoms with E-state index in [1.165, 1.54) is 12.1 Å². The lowest BCUT2D eigenvalue weighted by Gasteiger charge is -2.35. The number of likely N-dealkylation sites (tertiary alicyclic amines) is 1. The van der Waals surface area contributed by atoms with Crippen molar-refractivity contribution in [2.45, 2.75) is 64.0 Å². The van der Waals surface area contributed by atoms with Crippen LogP contribution in [0.25, 0.3) is 28.3 Å². The van der Waals surface area contributed by atoms with Gasteiger partial charge in [-0.1, -0.05) is 5.22 Å². The number of fused-ring (bicyclic) bond motifs is 1. The number of ether oxygens (including phenoxy) is 1. The van der Waals surface area contributed by atoms with Gasteiger partial charge in [0.2, 0.25) is 0 Å². The summed E-state index contributed by atoms with van der Waals surface area (Å²) in [6.45, 7) is 6.78. The van der Waals surface area contributed by atoms with Crippen LogP contribution in [-0.2, 0) is 4.74 Å². The van der Waals surface area contributed by atoms with Crippen LogP contribution in [0.15, 0.2) is 52.9 Å². The quantitative estimate of drug-likeness (QED) is 0.192. The minimum Gasteiger partial charge on any atom is -0.444 e. The molecule has 0 spiro atoms. The zero-order chi connectivity index (χ0) is 28.0. The van der Waals surface area contributed by atoms with E-state index in [2.05, 4.69) is 19.9 Å². The predicted molar refractivity (Wildman–Crippen MR) is 146 cm³/mol. The second kappa shape index (κ2) is 10.00. The Morgan fingerprint density at radius 2 is 1.77 bits per heavy atom. The number of carbonyl (C=O) groups excluding carboxylic acids is 1. The van der Waals surface area contributed by atoms with E-state index in [0.29, 0.717) is 36.2 Å². The van der Waals surface area contributed by atoms with E-state index in [9.17, 15) is 9.18 Å². The normalized spacial score (nSPS) is 16.8. The van der Waals surface area contributed by atoms with Crippen molar-refractivity contribution in [1.29, 1.82) is 0 Å². The second-order valence-electron chi connectivity index (χ2n) is 11.4. The lowest BCUT2D eigenvalue weighted by atomic mass is 10.0. The fraction of sp³-hybridized carbons (Fsp3) is 0.429. The van der Waals surface area contributed by atoms with E-state index in [1.54, 1.807) is 27.7 Å². The fourth-order valence-corrected chi connectivity index (χ4v) is 5.24. The molecule has 12 heteroatoms. The third-order valence-electron chi connectivity index (χ3n) is 7.19. The number of nitrogens with zero attached hydrogens (tertiary/aromatic N) is 8. The molecule has 1 aliphatic carbocycles. The molecule has 0 bridgehead atoms. The third kappa shape index (κ3) is 5.13. The van der Waals surface area contributed by atoms with Crippen molar-refractivity contribution in [3.05, 3.63) is 54.2 Å². The number of carbonyl (C=O) groups is 1. The number of halogens is 1. The molecule has 208 valence electrons.